The Morgan fingerprint density at radius 2 is 2.38 bits per heavy atom. The van der Waals surface area contributed by atoms with Gasteiger partial charge in [-0.3, -0.25) is 4.98 Å². The minimum atomic E-state index is 0.824. The SMILES string of the molecule is c1ncc(CNCCNC2CC2)s1. The fourth-order valence-electron chi connectivity index (χ4n) is 1.19. The minimum Gasteiger partial charge on any atom is -0.313 e. The molecule has 0 amide bonds. The highest BCUT2D eigenvalue weighted by molar-refractivity contribution is 7.09. The Morgan fingerprint density at radius 1 is 1.46 bits per heavy atom. The van der Waals surface area contributed by atoms with Gasteiger partial charge in [0.1, 0.15) is 0 Å². The van der Waals surface area contributed by atoms with Gasteiger partial charge in [-0.1, -0.05) is 0 Å². The second kappa shape index (κ2) is 4.69. The van der Waals surface area contributed by atoms with Crippen LogP contribution in [0.3, 0.4) is 0 Å². The number of thiazole rings is 1. The van der Waals surface area contributed by atoms with Crippen LogP contribution >= 0.6 is 11.3 Å². The summed E-state index contributed by atoms with van der Waals surface area (Å²) in [7, 11) is 0. The van der Waals surface area contributed by atoms with E-state index in [1.807, 2.05) is 11.7 Å². The summed E-state index contributed by atoms with van der Waals surface area (Å²) in [6.07, 6.45) is 4.66. The molecule has 0 atom stereocenters. The maximum absolute atomic E-state index is 4.02. The highest BCUT2D eigenvalue weighted by atomic mass is 32.1. The van der Waals surface area contributed by atoms with Crippen molar-refractivity contribution in [3.63, 3.8) is 0 Å². The van der Waals surface area contributed by atoms with Crippen LogP contribution in [0.2, 0.25) is 0 Å². The second-order valence-corrected chi connectivity index (χ2v) is 4.34. The highest BCUT2D eigenvalue weighted by Crippen LogP contribution is 2.17. The van der Waals surface area contributed by atoms with Crippen LogP contribution in [-0.4, -0.2) is 24.1 Å². The number of hydrogen-bond donors (Lipinski definition) is 2. The molecule has 1 fully saturated rings. The average molecular weight is 197 g/mol. The van der Waals surface area contributed by atoms with Gasteiger partial charge in [-0.2, -0.15) is 0 Å². The molecule has 1 aliphatic rings. The predicted octanol–water partition coefficient (Wildman–Crippen LogP) is 0.985. The van der Waals surface area contributed by atoms with Crippen LogP contribution in [-0.2, 0) is 6.54 Å². The Balaban J connectivity index is 1.48. The molecule has 1 aromatic rings. The third kappa shape index (κ3) is 3.42. The Kier molecular flexibility index (Phi) is 3.29. The molecule has 3 nitrogen and oxygen atoms in total. The average Bonchev–Trinajstić information content (AvgIpc) is 2.81. The molecule has 0 saturated heterocycles. The van der Waals surface area contributed by atoms with E-state index in [2.05, 4.69) is 15.6 Å². The molecule has 0 unspecified atom stereocenters. The lowest BCUT2D eigenvalue weighted by Crippen LogP contribution is -2.28. The fraction of sp³-hybridized carbons (Fsp3) is 0.667. The predicted molar refractivity (Wildman–Crippen MR) is 54.8 cm³/mol. The van der Waals surface area contributed by atoms with Gasteiger partial charge in [-0.25, -0.2) is 0 Å². The molecule has 1 heterocycles. The summed E-state index contributed by atoms with van der Waals surface area (Å²) in [5.41, 5.74) is 1.87. The smallest absolute Gasteiger partial charge is 0.0794 e. The van der Waals surface area contributed by atoms with Gasteiger partial charge >= 0.3 is 0 Å². The number of hydrogen-bond acceptors (Lipinski definition) is 4. The lowest BCUT2D eigenvalue weighted by atomic mass is 10.5. The maximum atomic E-state index is 4.02. The van der Waals surface area contributed by atoms with Crippen molar-refractivity contribution in [3.8, 4) is 0 Å². The van der Waals surface area contributed by atoms with Gasteiger partial charge in [0.15, 0.2) is 0 Å². The van der Waals surface area contributed by atoms with E-state index in [1.165, 1.54) is 17.7 Å². The first-order chi connectivity index (χ1) is 6.45. The lowest BCUT2D eigenvalue weighted by Gasteiger charge is -2.03. The summed E-state index contributed by atoms with van der Waals surface area (Å²) in [4.78, 5) is 5.33. The first-order valence-corrected chi connectivity index (χ1v) is 5.64. The summed E-state index contributed by atoms with van der Waals surface area (Å²) >= 11 is 1.71. The zero-order valence-electron chi connectivity index (χ0n) is 7.62. The molecule has 4 heteroatoms. The van der Waals surface area contributed by atoms with Crippen LogP contribution in [0.5, 0.6) is 0 Å². The molecule has 0 bridgehead atoms. The number of aromatic nitrogens is 1. The van der Waals surface area contributed by atoms with E-state index in [4.69, 9.17) is 0 Å². The molecule has 1 aromatic heterocycles. The number of nitrogens with one attached hydrogen (secondary N) is 2. The molecule has 72 valence electrons. The van der Waals surface area contributed by atoms with E-state index in [1.54, 1.807) is 11.3 Å². The van der Waals surface area contributed by atoms with Crippen LogP contribution in [0.1, 0.15) is 17.7 Å². The van der Waals surface area contributed by atoms with Crippen molar-refractivity contribution in [2.24, 2.45) is 0 Å². The van der Waals surface area contributed by atoms with Crippen molar-refractivity contribution >= 4 is 11.3 Å². The van der Waals surface area contributed by atoms with Gasteiger partial charge in [0.2, 0.25) is 0 Å². The van der Waals surface area contributed by atoms with E-state index in [0.717, 1.165) is 25.7 Å². The van der Waals surface area contributed by atoms with Gasteiger partial charge < -0.3 is 10.6 Å². The Labute approximate surface area is 82.6 Å². The van der Waals surface area contributed by atoms with E-state index < -0.39 is 0 Å². The van der Waals surface area contributed by atoms with Gasteiger partial charge in [0.05, 0.1) is 5.51 Å². The Hall–Kier alpha value is -0.450. The van der Waals surface area contributed by atoms with Crippen LogP contribution in [0.15, 0.2) is 11.7 Å². The van der Waals surface area contributed by atoms with Crippen LogP contribution in [0, 0.1) is 0 Å². The first kappa shape index (κ1) is 9.12. The van der Waals surface area contributed by atoms with Crippen molar-refractivity contribution in [1.29, 1.82) is 0 Å². The third-order valence-corrected chi connectivity index (χ3v) is 2.87. The summed E-state index contributed by atoms with van der Waals surface area (Å²) in [6, 6.07) is 0.824. The molecule has 2 rings (SSSR count). The molecule has 2 N–H and O–H groups in total. The lowest BCUT2D eigenvalue weighted by molar-refractivity contribution is 0.611. The summed E-state index contributed by atoms with van der Waals surface area (Å²) < 4.78 is 0. The molecule has 0 spiro atoms. The van der Waals surface area contributed by atoms with Crippen LogP contribution in [0.4, 0.5) is 0 Å². The van der Waals surface area contributed by atoms with Crippen molar-refractivity contribution in [3.05, 3.63) is 16.6 Å². The van der Waals surface area contributed by atoms with Gasteiger partial charge in [0.25, 0.3) is 0 Å². The van der Waals surface area contributed by atoms with Gasteiger partial charge in [-0.05, 0) is 12.8 Å². The van der Waals surface area contributed by atoms with E-state index >= 15 is 0 Å². The van der Waals surface area contributed by atoms with E-state index in [-0.39, 0.29) is 0 Å². The van der Waals surface area contributed by atoms with Crippen LogP contribution < -0.4 is 10.6 Å². The third-order valence-electron chi connectivity index (χ3n) is 2.09. The summed E-state index contributed by atoms with van der Waals surface area (Å²) in [6.45, 7) is 3.09. The molecule has 13 heavy (non-hydrogen) atoms. The number of nitrogens with zero attached hydrogens (tertiary/aromatic N) is 1. The van der Waals surface area contributed by atoms with E-state index in [0.29, 0.717) is 0 Å². The summed E-state index contributed by atoms with van der Waals surface area (Å²) in [5.74, 6) is 0. The van der Waals surface area contributed by atoms with Crippen molar-refractivity contribution in [1.82, 2.24) is 15.6 Å². The highest BCUT2D eigenvalue weighted by Gasteiger charge is 2.19. The maximum Gasteiger partial charge on any atom is 0.0794 e. The van der Waals surface area contributed by atoms with Crippen molar-refractivity contribution in [2.45, 2.75) is 25.4 Å². The van der Waals surface area contributed by atoms with E-state index in [9.17, 15) is 0 Å². The molecule has 0 aliphatic heterocycles. The summed E-state index contributed by atoms with van der Waals surface area (Å²) in [5, 5.41) is 6.84. The molecular weight excluding hydrogens is 182 g/mol. The normalized spacial score (nSPS) is 16.3. The topological polar surface area (TPSA) is 37.0 Å². The monoisotopic (exact) mass is 197 g/mol. The number of rotatable bonds is 6. The first-order valence-electron chi connectivity index (χ1n) is 4.76. The Morgan fingerprint density at radius 3 is 3.08 bits per heavy atom. The van der Waals surface area contributed by atoms with Crippen molar-refractivity contribution in [2.75, 3.05) is 13.1 Å². The molecule has 1 saturated carbocycles. The standard InChI is InChI=1S/C9H15N3S/c1-2-8(1)12-4-3-10-5-9-6-11-7-13-9/h6-8,10,12H,1-5H2. The fourth-order valence-corrected chi connectivity index (χ4v) is 1.76. The minimum absolute atomic E-state index is 0.824. The molecule has 1 aliphatic carbocycles. The van der Waals surface area contributed by atoms with Gasteiger partial charge in [-0.15, -0.1) is 11.3 Å². The van der Waals surface area contributed by atoms with Gasteiger partial charge in [0, 0.05) is 36.8 Å². The molecular formula is C9H15N3S. The molecule has 0 radical (unpaired) electrons. The Bertz CT molecular complexity index is 231. The largest absolute Gasteiger partial charge is 0.313 e. The van der Waals surface area contributed by atoms with Crippen molar-refractivity contribution < 1.29 is 0 Å². The van der Waals surface area contributed by atoms with Crippen LogP contribution in [0.25, 0.3) is 0 Å². The quantitative estimate of drug-likeness (QED) is 0.668. The zero-order chi connectivity index (χ0) is 8.93. The molecule has 0 aromatic carbocycles. The second-order valence-electron chi connectivity index (χ2n) is 3.37. The zero-order valence-corrected chi connectivity index (χ0v) is 8.44.